The lowest BCUT2D eigenvalue weighted by atomic mass is 9.89. The van der Waals surface area contributed by atoms with Crippen molar-refractivity contribution >= 4 is 33.4 Å². The van der Waals surface area contributed by atoms with Crippen LogP contribution in [0, 0.1) is 0 Å². The first-order chi connectivity index (χ1) is 7.56. The minimum atomic E-state index is -0.290. The lowest BCUT2D eigenvalue weighted by Gasteiger charge is -2.31. The Labute approximate surface area is 106 Å². The Morgan fingerprint density at radius 3 is 2.94 bits per heavy atom. The fraction of sp³-hybridized carbons (Fsp3) is 0.400. The molecule has 1 saturated carbocycles. The first-order valence-electron chi connectivity index (χ1n) is 4.86. The number of hydrogen-bond acceptors (Lipinski definition) is 3. The zero-order valence-corrected chi connectivity index (χ0v) is 10.6. The minimum Gasteiger partial charge on any atom is -0.393 e. The number of nitrogens with zero attached hydrogens (tertiary/aromatic N) is 1. The van der Waals surface area contributed by atoms with E-state index in [0.29, 0.717) is 22.9 Å². The van der Waals surface area contributed by atoms with Crippen molar-refractivity contribution in [3.63, 3.8) is 0 Å². The molecule has 1 aliphatic rings. The minimum absolute atomic E-state index is 0.0394. The molecule has 0 aromatic carbocycles. The highest BCUT2D eigenvalue weighted by Gasteiger charge is 2.29. The van der Waals surface area contributed by atoms with Crippen LogP contribution in [0.4, 0.5) is 0 Å². The Morgan fingerprint density at radius 2 is 2.31 bits per heavy atom. The van der Waals surface area contributed by atoms with Crippen LogP contribution in [-0.4, -0.2) is 28.1 Å². The number of amides is 1. The van der Waals surface area contributed by atoms with Crippen LogP contribution in [0.2, 0.25) is 5.15 Å². The molecule has 2 N–H and O–H groups in total. The number of aliphatic hydroxyl groups excluding tert-OH is 1. The zero-order chi connectivity index (χ0) is 11.7. The Balaban J connectivity index is 2.05. The number of rotatable bonds is 2. The van der Waals surface area contributed by atoms with Gasteiger partial charge in [-0.2, -0.15) is 0 Å². The second kappa shape index (κ2) is 4.69. The summed E-state index contributed by atoms with van der Waals surface area (Å²) in [5, 5.41) is 12.1. The van der Waals surface area contributed by atoms with E-state index in [9.17, 15) is 4.79 Å². The van der Waals surface area contributed by atoms with E-state index < -0.39 is 0 Å². The van der Waals surface area contributed by atoms with Gasteiger partial charge >= 0.3 is 0 Å². The first kappa shape index (κ1) is 11.8. The highest BCUT2D eigenvalue weighted by molar-refractivity contribution is 9.10. The molecule has 0 aliphatic heterocycles. The van der Waals surface area contributed by atoms with Crippen LogP contribution in [0.3, 0.4) is 0 Å². The molecule has 4 nitrogen and oxygen atoms in total. The van der Waals surface area contributed by atoms with Gasteiger partial charge in [0.1, 0.15) is 5.15 Å². The van der Waals surface area contributed by atoms with Crippen LogP contribution < -0.4 is 5.32 Å². The van der Waals surface area contributed by atoms with E-state index in [1.165, 1.54) is 6.20 Å². The number of hydrogen-bond donors (Lipinski definition) is 2. The largest absolute Gasteiger partial charge is 0.393 e. The number of aromatic nitrogens is 1. The summed E-state index contributed by atoms with van der Waals surface area (Å²) in [5.74, 6) is -0.254. The van der Waals surface area contributed by atoms with Gasteiger partial charge in [0.25, 0.3) is 5.91 Å². The molecular formula is C10H10BrClN2O2. The van der Waals surface area contributed by atoms with Crippen molar-refractivity contribution in [3.8, 4) is 0 Å². The SMILES string of the molecule is O=C(NC1CC(O)C1)c1cc(Br)cnc1Cl. The van der Waals surface area contributed by atoms with Gasteiger partial charge in [-0.05, 0) is 34.8 Å². The van der Waals surface area contributed by atoms with E-state index in [0.717, 1.165) is 0 Å². The van der Waals surface area contributed by atoms with Gasteiger partial charge in [0.15, 0.2) is 0 Å². The molecule has 6 heteroatoms. The monoisotopic (exact) mass is 304 g/mol. The molecule has 16 heavy (non-hydrogen) atoms. The molecule has 86 valence electrons. The quantitative estimate of drug-likeness (QED) is 0.818. The molecular weight excluding hydrogens is 295 g/mol. The van der Waals surface area contributed by atoms with Crippen LogP contribution in [0.25, 0.3) is 0 Å². The van der Waals surface area contributed by atoms with Crippen molar-refractivity contribution < 1.29 is 9.90 Å². The second-order valence-electron chi connectivity index (χ2n) is 3.79. The number of pyridine rings is 1. The lowest BCUT2D eigenvalue weighted by molar-refractivity contribution is 0.0562. The first-order valence-corrected chi connectivity index (χ1v) is 6.03. The fourth-order valence-electron chi connectivity index (χ4n) is 1.55. The molecule has 1 amide bonds. The van der Waals surface area contributed by atoms with Gasteiger partial charge in [-0.1, -0.05) is 11.6 Å². The van der Waals surface area contributed by atoms with E-state index in [-0.39, 0.29) is 23.2 Å². The second-order valence-corrected chi connectivity index (χ2v) is 5.06. The summed E-state index contributed by atoms with van der Waals surface area (Å²) in [5.41, 5.74) is 0.345. The maximum absolute atomic E-state index is 11.8. The smallest absolute Gasteiger partial charge is 0.254 e. The third kappa shape index (κ3) is 2.53. The fourth-order valence-corrected chi connectivity index (χ4v) is 2.07. The van der Waals surface area contributed by atoms with Gasteiger partial charge in [-0.3, -0.25) is 4.79 Å². The highest BCUT2D eigenvalue weighted by atomic mass is 79.9. The summed E-state index contributed by atoms with van der Waals surface area (Å²) < 4.78 is 0.704. The molecule has 1 aromatic rings. The predicted molar refractivity (Wildman–Crippen MR) is 63.4 cm³/mol. The summed E-state index contributed by atoms with van der Waals surface area (Å²) in [6.07, 6.45) is 2.45. The Morgan fingerprint density at radius 1 is 1.62 bits per heavy atom. The normalized spacial score (nSPS) is 23.7. The third-order valence-corrected chi connectivity index (χ3v) is 3.23. The van der Waals surface area contributed by atoms with Crippen LogP contribution in [0.15, 0.2) is 16.7 Å². The summed E-state index contributed by atoms with van der Waals surface area (Å²) in [6.45, 7) is 0. The predicted octanol–water partition coefficient (Wildman–Crippen LogP) is 1.75. The van der Waals surface area contributed by atoms with E-state index in [1.54, 1.807) is 6.07 Å². The molecule has 1 heterocycles. The van der Waals surface area contributed by atoms with Gasteiger partial charge in [-0.25, -0.2) is 4.98 Å². The summed E-state index contributed by atoms with van der Waals surface area (Å²) in [7, 11) is 0. The summed E-state index contributed by atoms with van der Waals surface area (Å²) in [4.78, 5) is 15.7. The Bertz CT molecular complexity index is 421. The van der Waals surface area contributed by atoms with Gasteiger partial charge in [-0.15, -0.1) is 0 Å². The molecule has 2 rings (SSSR count). The zero-order valence-electron chi connectivity index (χ0n) is 8.28. The molecule has 1 fully saturated rings. The van der Waals surface area contributed by atoms with E-state index >= 15 is 0 Å². The molecule has 0 bridgehead atoms. The van der Waals surface area contributed by atoms with Crippen molar-refractivity contribution in [1.29, 1.82) is 0 Å². The molecule has 0 radical (unpaired) electrons. The van der Waals surface area contributed by atoms with Gasteiger partial charge in [0.2, 0.25) is 0 Å². The van der Waals surface area contributed by atoms with Crippen molar-refractivity contribution in [1.82, 2.24) is 10.3 Å². The maximum atomic E-state index is 11.8. The van der Waals surface area contributed by atoms with Gasteiger partial charge in [0.05, 0.1) is 11.7 Å². The van der Waals surface area contributed by atoms with Crippen LogP contribution in [0.1, 0.15) is 23.2 Å². The van der Waals surface area contributed by atoms with Crippen LogP contribution in [0.5, 0.6) is 0 Å². The number of aliphatic hydroxyl groups is 1. The lowest BCUT2D eigenvalue weighted by Crippen LogP contribution is -2.46. The number of halogens is 2. The maximum Gasteiger partial charge on any atom is 0.254 e. The van der Waals surface area contributed by atoms with E-state index in [4.69, 9.17) is 16.7 Å². The van der Waals surface area contributed by atoms with Crippen molar-refractivity contribution in [2.75, 3.05) is 0 Å². The molecule has 0 saturated heterocycles. The van der Waals surface area contributed by atoms with Crippen LogP contribution >= 0.6 is 27.5 Å². The number of carbonyl (C=O) groups excluding carboxylic acids is 1. The van der Waals surface area contributed by atoms with E-state index in [2.05, 4.69) is 26.2 Å². The summed E-state index contributed by atoms with van der Waals surface area (Å²) in [6, 6.07) is 1.66. The standard InChI is InChI=1S/C10H10BrClN2O2/c11-5-1-8(9(12)13-4-5)10(16)14-6-2-7(15)3-6/h1,4,6-7,15H,2-3H2,(H,14,16). The topological polar surface area (TPSA) is 62.2 Å². The molecule has 1 aliphatic carbocycles. The molecule has 0 unspecified atom stereocenters. The third-order valence-electron chi connectivity index (χ3n) is 2.50. The van der Waals surface area contributed by atoms with E-state index in [1.807, 2.05) is 0 Å². The Kier molecular flexibility index (Phi) is 3.47. The number of nitrogens with one attached hydrogen (secondary N) is 1. The average molecular weight is 306 g/mol. The average Bonchev–Trinajstić information content (AvgIpc) is 2.19. The van der Waals surface area contributed by atoms with Crippen molar-refractivity contribution in [2.24, 2.45) is 0 Å². The Hall–Kier alpha value is -0.650. The summed E-state index contributed by atoms with van der Waals surface area (Å²) >= 11 is 9.05. The number of carbonyl (C=O) groups is 1. The van der Waals surface area contributed by atoms with Gasteiger partial charge < -0.3 is 10.4 Å². The highest BCUT2D eigenvalue weighted by Crippen LogP contribution is 2.22. The molecule has 0 spiro atoms. The van der Waals surface area contributed by atoms with Crippen molar-refractivity contribution in [3.05, 3.63) is 27.5 Å². The molecule has 0 atom stereocenters. The van der Waals surface area contributed by atoms with Gasteiger partial charge in [0, 0.05) is 16.7 Å². The van der Waals surface area contributed by atoms with Crippen molar-refractivity contribution in [2.45, 2.75) is 25.0 Å². The molecule has 1 aromatic heterocycles. The van der Waals surface area contributed by atoms with Crippen LogP contribution in [-0.2, 0) is 0 Å².